The highest BCUT2D eigenvalue weighted by Gasteiger charge is 2.22. The number of hydrogen-bond donors (Lipinski definition) is 4. The van der Waals surface area contributed by atoms with Gasteiger partial charge in [0.1, 0.15) is 5.75 Å². The molecule has 0 spiro atoms. The number of alkyl halides is 2. The zero-order valence-corrected chi connectivity index (χ0v) is 12.8. The van der Waals surface area contributed by atoms with Crippen LogP contribution in [0.5, 0.6) is 5.75 Å². The molecule has 8 nitrogen and oxygen atoms in total. The maximum absolute atomic E-state index is 12.7. The Labute approximate surface area is 135 Å². The van der Waals surface area contributed by atoms with Crippen molar-refractivity contribution in [1.29, 1.82) is 0 Å². The van der Waals surface area contributed by atoms with Crippen LogP contribution in [0.2, 0.25) is 0 Å². The summed E-state index contributed by atoms with van der Waals surface area (Å²) >= 11 is 0. The summed E-state index contributed by atoms with van der Waals surface area (Å²) in [5.74, 6) is 0.0727. The van der Waals surface area contributed by atoms with Crippen molar-refractivity contribution in [3.63, 3.8) is 0 Å². The summed E-state index contributed by atoms with van der Waals surface area (Å²) in [6, 6.07) is 6.23. The first-order valence-electron chi connectivity index (χ1n) is 6.76. The third-order valence-electron chi connectivity index (χ3n) is 2.60. The number of nitrogens with one attached hydrogen (secondary N) is 3. The van der Waals surface area contributed by atoms with Crippen LogP contribution in [-0.4, -0.2) is 27.3 Å². The van der Waals surface area contributed by atoms with E-state index in [1.165, 1.54) is 30.3 Å². The number of amides is 2. The van der Waals surface area contributed by atoms with E-state index in [0.717, 1.165) is 0 Å². The fourth-order valence-corrected chi connectivity index (χ4v) is 1.76. The number of aromatic nitrogens is 2. The molecule has 2 rings (SSSR count). The van der Waals surface area contributed by atoms with Crippen molar-refractivity contribution in [2.45, 2.75) is 20.0 Å². The zero-order chi connectivity index (χ0) is 17.7. The molecule has 0 radical (unpaired) electrons. The minimum absolute atomic E-state index is 0.0189. The number of nitrogens with zero attached hydrogens (tertiary/aromatic N) is 2. The first-order chi connectivity index (χ1) is 11.2. The van der Waals surface area contributed by atoms with Crippen LogP contribution in [0.3, 0.4) is 0 Å². The lowest BCUT2D eigenvalue weighted by Gasteiger charge is -2.13. The van der Waals surface area contributed by atoms with Gasteiger partial charge in [0.15, 0.2) is 5.82 Å². The van der Waals surface area contributed by atoms with Crippen LogP contribution in [0.25, 0.3) is 0 Å². The summed E-state index contributed by atoms with van der Waals surface area (Å²) in [4.78, 5) is 19.7. The molecule has 0 aliphatic rings. The fraction of sp³-hybridized carbons (Fsp3) is 0.214. The summed E-state index contributed by atoms with van der Waals surface area (Å²) in [5.41, 5.74) is 2.74. The number of hydrogen-bond acceptors (Lipinski definition) is 6. The van der Waals surface area contributed by atoms with Crippen LogP contribution in [0.4, 0.5) is 31.0 Å². The van der Waals surface area contributed by atoms with Gasteiger partial charge in [0.2, 0.25) is 5.95 Å². The van der Waals surface area contributed by atoms with E-state index < -0.39 is 12.1 Å². The van der Waals surface area contributed by atoms with Gasteiger partial charge in [0, 0.05) is 24.4 Å². The summed E-state index contributed by atoms with van der Waals surface area (Å²) < 4.78 is 29.8. The monoisotopic (exact) mass is 339 g/mol. The molecule has 128 valence electrons. The smallest absolute Gasteiger partial charge is 0.394 e. The van der Waals surface area contributed by atoms with Gasteiger partial charge in [-0.15, -0.1) is 0 Å². The number of ether oxygens (including phenoxy) is 1. The molecule has 1 aromatic carbocycles. The Kier molecular flexibility index (Phi) is 5.09. The number of aryl methyl sites for hydroxylation is 1. The number of anilines is 3. The Morgan fingerprint density at radius 2 is 1.88 bits per heavy atom. The van der Waals surface area contributed by atoms with Crippen molar-refractivity contribution in [1.82, 2.24) is 9.97 Å². The number of halogens is 2. The predicted octanol–water partition coefficient (Wildman–Crippen LogP) is 3.22. The molecule has 1 aromatic heterocycles. The van der Waals surface area contributed by atoms with E-state index >= 15 is 0 Å². The van der Waals surface area contributed by atoms with Gasteiger partial charge in [-0.25, -0.2) is 9.78 Å². The quantitative estimate of drug-likeness (QED) is 0.623. The molecule has 0 aliphatic carbocycles. The lowest BCUT2D eigenvalue weighted by molar-refractivity contribution is -0.158. The van der Waals surface area contributed by atoms with Crippen molar-refractivity contribution in [3.05, 3.63) is 36.0 Å². The average molecular weight is 339 g/mol. The molecule has 4 N–H and O–H groups in total. The first kappa shape index (κ1) is 17.3. The minimum atomic E-state index is -3.28. The predicted molar refractivity (Wildman–Crippen MR) is 82.5 cm³/mol. The third kappa shape index (κ3) is 5.32. The third-order valence-corrected chi connectivity index (χ3v) is 2.60. The van der Waals surface area contributed by atoms with Crippen LogP contribution in [0.1, 0.15) is 12.6 Å². The Hall–Kier alpha value is -3.01. The molecule has 0 unspecified atom stereocenters. The number of carbonyl (C=O) groups is 1. The molecule has 1 heterocycles. The summed E-state index contributed by atoms with van der Waals surface area (Å²) in [7, 11) is 0. The SMILES string of the molecule is Cc1cc(NO)nc(NC(=O)Nc2ccc(OC(C)(F)F)cc2)n1. The van der Waals surface area contributed by atoms with Gasteiger partial charge in [-0.2, -0.15) is 13.8 Å². The number of carbonyl (C=O) groups excluding carboxylic acids is 1. The van der Waals surface area contributed by atoms with Crippen molar-refractivity contribution in [2.75, 3.05) is 16.1 Å². The summed E-state index contributed by atoms with van der Waals surface area (Å²) in [6.45, 7) is 2.29. The van der Waals surface area contributed by atoms with Gasteiger partial charge in [0.25, 0.3) is 0 Å². The highest BCUT2D eigenvalue weighted by Crippen LogP contribution is 2.22. The molecule has 2 amide bonds. The fourth-order valence-electron chi connectivity index (χ4n) is 1.76. The zero-order valence-electron chi connectivity index (χ0n) is 12.8. The van der Waals surface area contributed by atoms with E-state index in [4.69, 9.17) is 5.21 Å². The summed E-state index contributed by atoms with van der Waals surface area (Å²) in [6.07, 6.45) is -3.28. The van der Waals surface area contributed by atoms with Crippen LogP contribution < -0.4 is 20.9 Å². The molecule has 0 saturated carbocycles. The topological polar surface area (TPSA) is 108 Å². The van der Waals surface area contributed by atoms with E-state index in [1.807, 2.05) is 5.48 Å². The van der Waals surface area contributed by atoms with Crippen LogP contribution in [0.15, 0.2) is 30.3 Å². The second kappa shape index (κ2) is 7.04. The Bertz CT molecular complexity index is 719. The minimum Gasteiger partial charge on any atom is -0.433 e. The van der Waals surface area contributed by atoms with Gasteiger partial charge < -0.3 is 10.1 Å². The Morgan fingerprint density at radius 3 is 2.46 bits per heavy atom. The van der Waals surface area contributed by atoms with E-state index in [9.17, 15) is 13.6 Å². The Balaban J connectivity index is 1.98. The van der Waals surface area contributed by atoms with Crippen LogP contribution >= 0.6 is 0 Å². The molecule has 0 fully saturated rings. The van der Waals surface area contributed by atoms with Crippen molar-refractivity contribution >= 4 is 23.5 Å². The van der Waals surface area contributed by atoms with E-state index in [-0.39, 0.29) is 17.5 Å². The van der Waals surface area contributed by atoms with E-state index in [2.05, 4.69) is 25.3 Å². The molecule has 0 saturated heterocycles. The van der Waals surface area contributed by atoms with E-state index in [0.29, 0.717) is 18.3 Å². The molecule has 24 heavy (non-hydrogen) atoms. The highest BCUT2D eigenvalue weighted by molar-refractivity contribution is 5.98. The van der Waals surface area contributed by atoms with Crippen molar-refractivity contribution in [2.24, 2.45) is 0 Å². The standard InChI is InChI=1S/C14H15F2N5O3/c1-8-7-11(21-23)19-12(17-8)20-13(22)18-9-3-5-10(6-4-9)24-14(2,15)16/h3-7,23H,1-2H3,(H3,17,18,19,20,21,22). The van der Waals surface area contributed by atoms with Crippen molar-refractivity contribution < 1.29 is 23.5 Å². The molecule has 0 bridgehead atoms. The molecule has 0 atom stereocenters. The van der Waals surface area contributed by atoms with Gasteiger partial charge in [0.05, 0.1) is 0 Å². The molecule has 10 heteroatoms. The maximum atomic E-state index is 12.7. The van der Waals surface area contributed by atoms with Crippen LogP contribution in [0, 0.1) is 6.92 Å². The molecular formula is C14H15F2N5O3. The lowest BCUT2D eigenvalue weighted by Crippen LogP contribution is -2.21. The summed E-state index contributed by atoms with van der Waals surface area (Å²) in [5, 5.41) is 13.7. The molecule has 0 aliphatic heterocycles. The molecular weight excluding hydrogens is 324 g/mol. The Morgan fingerprint density at radius 1 is 1.21 bits per heavy atom. The van der Waals surface area contributed by atoms with Gasteiger partial charge in [-0.05, 0) is 31.2 Å². The van der Waals surface area contributed by atoms with Crippen molar-refractivity contribution in [3.8, 4) is 5.75 Å². The van der Waals surface area contributed by atoms with Gasteiger partial charge in [-0.3, -0.25) is 16.0 Å². The number of benzene rings is 1. The average Bonchev–Trinajstić information content (AvgIpc) is 2.47. The first-order valence-corrected chi connectivity index (χ1v) is 6.76. The second-order valence-corrected chi connectivity index (χ2v) is 4.84. The largest absolute Gasteiger partial charge is 0.433 e. The van der Waals surface area contributed by atoms with Gasteiger partial charge >= 0.3 is 12.1 Å². The highest BCUT2D eigenvalue weighted by atomic mass is 19.3. The molecule has 2 aromatic rings. The lowest BCUT2D eigenvalue weighted by atomic mass is 10.3. The van der Waals surface area contributed by atoms with Crippen LogP contribution in [-0.2, 0) is 0 Å². The normalized spacial score (nSPS) is 10.9. The maximum Gasteiger partial charge on any atom is 0.394 e. The number of rotatable bonds is 5. The van der Waals surface area contributed by atoms with E-state index in [1.54, 1.807) is 6.92 Å². The second-order valence-electron chi connectivity index (χ2n) is 4.84. The van der Waals surface area contributed by atoms with Gasteiger partial charge in [-0.1, -0.05) is 0 Å². The number of urea groups is 1.